The van der Waals surface area contributed by atoms with Crippen molar-refractivity contribution in [2.75, 3.05) is 23.8 Å². The largest absolute Gasteiger partial charge is 0.394 e. The fourth-order valence-electron chi connectivity index (χ4n) is 6.43. The van der Waals surface area contributed by atoms with Gasteiger partial charge in [0.15, 0.2) is 6.10 Å². The molecule has 55 heavy (non-hydrogen) atoms. The molecule has 2 aromatic heterocycles. The first-order valence-corrected chi connectivity index (χ1v) is 19.0. The molecule has 13 heteroatoms. The molecule has 0 spiro atoms. The van der Waals surface area contributed by atoms with Crippen molar-refractivity contribution in [2.24, 2.45) is 0 Å². The molecule has 0 radical (unpaired) electrons. The summed E-state index contributed by atoms with van der Waals surface area (Å²) in [6, 6.07) is 27.9. The van der Waals surface area contributed by atoms with Crippen molar-refractivity contribution in [1.82, 2.24) is 15.3 Å². The first-order valence-electron chi connectivity index (χ1n) is 19.0. The lowest BCUT2D eigenvalue weighted by Gasteiger charge is -2.32. The number of aliphatic hydroxyl groups is 6. The van der Waals surface area contributed by atoms with E-state index in [1.165, 1.54) is 0 Å². The van der Waals surface area contributed by atoms with Crippen molar-refractivity contribution in [3.05, 3.63) is 120 Å². The number of hydrogen-bond acceptors (Lipinski definition) is 11. The normalized spacial score (nSPS) is 15.2. The van der Waals surface area contributed by atoms with Gasteiger partial charge in [0.1, 0.15) is 24.1 Å². The number of carbonyl (C=O) groups is 2. The van der Waals surface area contributed by atoms with Crippen molar-refractivity contribution in [2.45, 2.75) is 100 Å². The van der Waals surface area contributed by atoms with Crippen molar-refractivity contribution in [3.8, 4) is 0 Å². The highest BCUT2D eigenvalue weighted by Crippen LogP contribution is 2.42. The smallest absolute Gasteiger partial charge is 0.251 e. The van der Waals surface area contributed by atoms with E-state index in [1.54, 1.807) is 12.4 Å². The van der Waals surface area contributed by atoms with Crippen LogP contribution in [0.1, 0.15) is 92.7 Å². The standard InChI is InChI=1S/C42H55N5O8/c48-28-33(49)39(52)40(53)41(54)42(55)45-26-13-6-4-2-1-3-5-10-23-35(50)46-31-20-16-19-30(27-31)37(47-34-22-12-15-25-44-34)36(32-21-11-14-24-43-32)38(51)29-17-8-7-9-18-29/h7-9,11-12,14-22,24-25,27,33,36-41,48-49,51-54H,1-6,10,13,23,26,28H2,(H,44,47)(H,45,55)(H,46,50)/t33-,36?,37?,38-,39-,40+,41-/m1/s1. The topological polar surface area (TPSA) is 217 Å². The number of aliphatic hydroxyl groups excluding tert-OH is 6. The van der Waals surface area contributed by atoms with Crippen LogP contribution in [0.5, 0.6) is 0 Å². The summed E-state index contributed by atoms with van der Waals surface area (Å²) >= 11 is 0. The van der Waals surface area contributed by atoms with Crippen molar-refractivity contribution in [1.29, 1.82) is 0 Å². The Morgan fingerprint density at radius 1 is 0.655 bits per heavy atom. The number of rotatable bonds is 24. The number of aromatic nitrogens is 2. The lowest BCUT2D eigenvalue weighted by Crippen LogP contribution is -2.51. The lowest BCUT2D eigenvalue weighted by molar-refractivity contribution is -0.148. The molecule has 0 fully saturated rings. The van der Waals surface area contributed by atoms with E-state index in [4.69, 9.17) is 5.11 Å². The van der Waals surface area contributed by atoms with Gasteiger partial charge in [0, 0.05) is 36.7 Å². The molecule has 2 heterocycles. The molecule has 2 amide bonds. The third kappa shape index (κ3) is 13.8. The Hall–Kier alpha value is -4.76. The average molecular weight is 758 g/mol. The Morgan fingerprint density at radius 3 is 1.95 bits per heavy atom. The van der Waals surface area contributed by atoms with E-state index in [1.807, 2.05) is 91.0 Å². The van der Waals surface area contributed by atoms with Crippen molar-refractivity contribution >= 4 is 23.3 Å². The summed E-state index contributed by atoms with van der Waals surface area (Å²) < 4.78 is 0. The van der Waals surface area contributed by atoms with Crippen molar-refractivity contribution < 1.29 is 40.2 Å². The Kier molecular flexibility index (Phi) is 18.1. The lowest BCUT2D eigenvalue weighted by atomic mass is 9.82. The Labute approximate surface area is 322 Å². The minimum absolute atomic E-state index is 0.0734. The van der Waals surface area contributed by atoms with E-state index in [2.05, 4.69) is 25.9 Å². The number of pyridine rings is 2. The zero-order valence-electron chi connectivity index (χ0n) is 31.0. The van der Waals surface area contributed by atoms with Crippen LogP contribution in [0.4, 0.5) is 11.5 Å². The Balaban J connectivity index is 1.23. The maximum Gasteiger partial charge on any atom is 0.251 e. The SMILES string of the molecule is O=C(CCCCCCCCCCNC(=O)[C@H](O)[C@@H](O)[C@H](O)[C@H](O)CO)Nc1cccc(C(Nc2ccccn2)C(c2ccccn2)[C@H](O)c2ccccc2)c1. The van der Waals surface area contributed by atoms with E-state index in [9.17, 15) is 35.1 Å². The number of nitrogens with one attached hydrogen (secondary N) is 3. The van der Waals surface area contributed by atoms with E-state index in [0.29, 0.717) is 36.6 Å². The van der Waals surface area contributed by atoms with Crippen LogP contribution in [0.2, 0.25) is 0 Å². The van der Waals surface area contributed by atoms with Crippen LogP contribution in [0, 0.1) is 0 Å². The molecule has 7 atom stereocenters. The third-order valence-corrected chi connectivity index (χ3v) is 9.52. The van der Waals surface area contributed by atoms with Crippen LogP contribution in [-0.2, 0) is 9.59 Å². The van der Waals surface area contributed by atoms with Gasteiger partial charge in [0.25, 0.3) is 5.91 Å². The second-order valence-corrected chi connectivity index (χ2v) is 13.7. The molecule has 0 aliphatic rings. The predicted molar refractivity (Wildman–Crippen MR) is 210 cm³/mol. The summed E-state index contributed by atoms with van der Waals surface area (Å²) in [7, 11) is 0. The van der Waals surface area contributed by atoms with E-state index in [0.717, 1.165) is 56.1 Å². The third-order valence-electron chi connectivity index (χ3n) is 9.52. The maximum absolute atomic E-state index is 13.0. The van der Waals surface area contributed by atoms with Crippen LogP contribution < -0.4 is 16.0 Å². The molecule has 2 unspecified atom stereocenters. The van der Waals surface area contributed by atoms with Crippen LogP contribution in [0.15, 0.2) is 103 Å². The number of carbonyl (C=O) groups excluding carboxylic acids is 2. The van der Waals surface area contributed by atoms with Crippen molar-refractivity contribution in [3.63, 3.8) is 0 Å². The van der Waals surface area contributed by atoms with Crippen LogP contribution in [0.25, 0.3) is 0 Å². The molecule has 13 nitrogen and oxygen atoms in total. The highest BCUT2D eigenvalue weighted by molar-refractivity contribution is 5.90. The molecule has 2 aromatic carbocycles. The molecule has 0 saturated carbocycles. The fraction of sp³-hybridized carbons (Fsp3) is 0.429. The Bertz CT molecular complexity index is 1690. The van der Waals surface area contributed by atoms with Crippen LogP contribution in [-0.4, -0.2) is 90.0 Å². The zero-order valence-corrected chi connectivity index (χ0v) is 31.0. The maximum atomic E-state index is 13.0. The molecule has 296 valence electrons. The quantitative estimate of drug-likeness (QED) is 0.0463. The van der Waals surface area contributed by atoms with Crippen LogP contribution in [0.3, 0.4) is 0 Å². The first kappa shape index (κ1) is 43.0. The summed E-state index contributed by atoms with van der Waals surface area (Å²) in [6.07, 6.45) is 2.72. The summed E-state index contributed by atoms with van der Waals surface area (Å²) in [5, 5.41) is 68.5. The molecule has 0 saturated heterocycles. The van der Waals surface area contributed by atoms with Gasteiger partial charge in [0.2, 0.25) is 5.91 Å². The molecular formula is C42H55N5O8. The number of amides is 2. The molecule has 0 bridgehead atoms. The van der Waals surface area contributed by atoms with E-state index < -0.39 is 55.0 Å². The van der Waals surface area contributed by atoms with Gasteiger partial charge in [-0.2, -0.15) is 0 Å². The predicted octanol–water partition coefficient (Wildman–Crippen LogP) is 4.15. The molecular weight excluding hydrogens is 702 g/mol. The number of nitrogens with zero attached hydrogens (tertiary/aromatic N) is 2. The van der Waals surface area contributed by atoms with Gasteiger partial charge in [-0.3, -0.25) is 14.6 Å². The summed E-state index contributed by atoms with van der Waals surface area (Å²) in [5.41, 5.74) is 2.97. The number of anilines is 2. The van der Waals surface area contributed by atoms with Gasteiger partial charge < -0.3 is 46.6 Å². The van der Waals surface area contributed by atoms with E-state index in [-0.39, 0.29) is 5.91 Å². The first-order chi connectivity index (χ1) is 26.7. The summed E-state index contributed by atoms with van der Waals surface area (Å²) in [5.74, 6) is -0.799. The van der Waals surface area contributed by atoms with E-state index >= 15 is 0 Å². The molecule has 0 aliphatic heterocycles. The highest BCUT2D eigenvalue weighted by atomic mass is 16.4. The number of benzene rings is 2. The number of hydrogen-bond donors (Lipinski definition) is 9. The molecule has 9 N–H and O–H groups in total. The minimum atomic E-state index is -1.92. The average Bonchev–Trinajstić information content (AvgIpc) is 3.22. The highest BCUT2D eigenvalue weighted by Gasteiger charge is 2.35. The van der Waals surface area contributed by atoms with Gasteiger partial charge in [-0.25, -0.2) is 4.98 Å². The molecule has 4 aromatic rings. The summed E-state index contributed by atoms with van der Waals surface area (Å²) in [4.78, 5) is 34.2. The van der Waals surface area contributed by atoms with Gasteiger partial charge >= 0.3 is 0 Å². The van der Waals surface area contributed by atoms with Gasteiger partial charge in [-0.1, -0.05) is 93.1 Å². The minimum Gasteiger partial charge on any atom is -0.394 e. The zero-order chi connectivity index (χ0) is 39.4. The fourth-order valence-corrected chi connectivity index (χ4v) is 6.43. The second-order valence-electron chi connectivity index (χ2n) is 13.7. The van der Waals surface area contributed by atoms with Gasteiger partial charge in [0.05, 0.1) is 24.7 Å². The van der Waals surface area contributed by atoms with Gasteiger partial charge in [-0.15, -0.1) is 0 Å². The Morgan fingerprint density at radius 2 is 1.29 bits per heavy atom. The summed E-state index contributed by atoms with van der Waals surface area (Å²) in [6.45, 7) is -0.523. The van der Waals surface area contributed by atoms with Gasteiger partial charge in [-0.05, 0) is 60.4 Å². The molecule has 0 aliphatic carbocycles. The monoisotopic (exact) mass is 757 g/mol. The second kappa shape index (κ2) is 23.2. The van der Waals surface area contributed by atoms with Crippen LogP contribution >= 0.6 is 0 Å². The molecule has 4 rings (SSSR count). The number of unbranched alkanes of at least 4 members (excludes halogenated alkanes) is 7.